The predicted molar refractivity (Wildman–Crippen MR) is 88.6 cm³/mol. The van der Waals surface area contributed by atoms with Crippen molar-refractivity contribution in [2.24, 2.45) is 9.50 Å². The van der Waals surface area contributed by atoms with Crippen LogP contribution >= 0.6 is 0 Å². The average molecular weight is 344 g/mol. The van der Waals surface area contributed by atoms with Crippen molar-refractivity contribution in [3.8, 4) is 0 Å². The zero-order chi connectivity index (χ0) is 17.3. The minimum absolute atomic E-state index is 0.0484. The number of amidine groups is 1. The molecule has 0 aromatic heterocycles. The lowest BCUT2D eigenvalue weighted by atomic mass is 10.2. The van der Waals surface area contributed by atoms with Crippen LogP contribution in [-0.2, 0) is 10.0 Å². The topological polar surface area (TPSA) is 105 Å². The summed E-state index contributed by atoms with van der Waals surface area (Å²) in [6.07, 6.45) is 1.41. The molecule has 122 valence electrons. The first kappa shape index (κ1) is 15.8. The number of hydrazone groups is 1. The summed E-state index contributed by atoms with van der Waals surface area (Å²) in [5.74, 6) is 0.201. The fraction of sp³-hybridized carbons (Fsp3) is 0.0667. The summed E-state index contributed by atoms with van der Waals surface area (Å²) < 4.78 is 27.8. The highest BCUT2D eigenvalue weighted by Crippen LogP contribution is 2.27. The van der Waals surface area contributed by atoms with Crippen LogP contribution in [0.3, 0.4) is 0 Å². The Morgan fingerprint density at radius 1 is 1.21 bits per heavy atom. The molecule has 9 heteroatoms. The van der Waals surface area contributed by atoms with Gasteiger partial charge in [-0.05, 0) is 12.1 Å². The fourth-order valence-electron chi connectivity index (χ4n) is 2.25. The van der Waals surface area contributed by atoms with Crippen LogP contribution in [0, 0.1) is 10.1 Å². The Balaban J connectivity index is 1.90. The second kappa shape index (κ2) is 5.85. The van der Waals surface area contributed by atoms with E-state index in [1.807, 2.05) is 0 Å². The molecule has 0 saturated heterocycles. The smallest absolute Gasteiger partial charge is 0.258 e. The van der Waals surface area contributed by atoms with Gasteiger partial charge in [-0.3, -0.25) is 10.1 Å². The van der Waals surface area contributed by atoms with Gasteiger partial charge in [-0.25, -0.2) is 5.01 Å². The summed E-state index contributed by atoms with van der Waals surface area (Å²) in [6.45, 7) is 0. The van der Waals surface area contributed by atoms with Gasteiger partial charge in [0.2, 0.25) is 0 Å². The number of nitro groups is 1. The molecular formula is C15H12N4O4S. The standard InChI is InChI=1S/C15H12N4O4S/c1-18(16-10-11-5-4-6-12(9-11)19(20)21)15-13-7-2-3-8-14(13)24(22,23)17-15/h2-10H,1H3/b16-10-. The Labute approximate surface area is 138 Å². The molecule has 1 aliphatic rings. The van der Waals surface area contributed by atoms with E-state index < -0.39 is 14.9 Å². The Morgan fingerprint density at radius 3 is 2.71 bits per heavy atom. The number of fused-ring (bicyclic) bond motifs is 1. The van der Waals surface area contributed by atoms with E-state index in [0.717, 1.165) is 0 Å². The monoisotopic (exact) mass is 344 g/mol. The highest BCUT2D eigenvalue weighted by molar-refractivity contribution is 7.90. The van der Waals surface area contributed by atoms with Crippen molar-refractivity contribution in [2.75, 3.05) is 7.05 Å². The van der Waals surface area contributed by atoms with E-state index in [9.17, 15) is 18.5 Å². The summed E-state index contributed by atoms with van der Waals surface area (Å²) in [5.41, 5.74) is 0.940. The average Bonchev–Trinajstić information content (AvgIpc) is 2.85. The Hall–Kier alpha value is -3.07. The van der Waals surface area contributed by atoms with Crippen molar-refractivity contribution >= 4 is 27.8 Å². The first-order chi connectivity index (χ1) is 11.4. The third-order valence-corrected chi connectivity index (χ3v) is 4.71. The third kappa shape index (κ3) is 2.88. The molecule has 0 radical (unpaired) electrons. The molecule has 1 heterocycles. The molecule has 0 bridgehead atoms. The lowest BCUT2D eigenvalue weighted by molar-refractivity contribution is -0.384. The van der Waals surface area contributed by atoms with Crippen molar-refractivity contribution in [1.29, 1.82) is 0 Å². The maximum Gasteiger partial charge on any atom is 0.285 e. The quantitative estimate of drug-likeness (QED) is 0.481. The van der Waals surface area contributed by atoms with Crippen LogP contribution in [0.5, 0.6) is 0 Å². The van der Waals surface area contributed by atoms with E-state index in [2.05, 4.69) is 9.50 Å². The number of benzene rings is 2. The largest absolute Gasteiger partial charge is 0.285 e. The van der Waals surface area contributed by atoms with Crippen molar-refractivity contribution in [3.63, 3.8) is 0 Å². The van der Waals surface area contributed by atoms with Gasteiger partial charge in [0.15, 0.2) is 5.84 Å². The SMILES string of the molecule is CN(/N=C\c1cccc([N+](=O)[O-])c1)C1=NS(=O)(=O)c2ccccc21. The van der Waals surface area contributed by atoms with E-state index >= 15 is 0 Å². The van der Waals surface area contributed by atoms with Crippen LogP contribution in [0.4, 0.5) is 5.69 Å². The van der Waals surface area contributed by atoms with Crippen molar-refractivity contribution < 1.29 is 13.3 Å². The molecule has 0 spiro atoms. The summed E-state index contributed by atoms with van der Waals surface area (Å²) in [6, 6.07) is 12.4. The first-order valence-corrected chi connectivity index (χ1v) is 8.29. The van der Waals surface area contributed by atoms with Gasteiger partial charge in [-0.15, -0.1) is 4.40 Å². The fourth-order valence-corrected chi connectivity index (χ4v) is 3.48. The Kier molecular flexibility index (Phi) is 3.86. The van der Waals surface area contributed by atoms with E-state index in [1.54, 1.807) is 37.4 Å². The van der Waals surface area contributed by atoms with Crippen LogP contribution < -0.4 is 0 Å². The second-order valence-corrected chi connectivity index (χ2v) is 6.58. The van der Waals surface area contributed by atoms with Crippen LogP contribution in [-0.4, -0.2) is 37.4 Å². The summed E-state index contributed by atoms with van der Waals surface area (Å²) >= 11 is 0. The van der Waals surface area contributed by atoms with Gasteiger partial charge in [0.25, 0.3) is 15.7 Å². The molecule has 24 heavy (non-hydrogen) atoms. The maximum absolute atomic E-state index is 12.0. The minimum atomic E-state index is -3.72. The summed E-state index contributed by atoms with van der Waals surface area (Å²) in [7, 11) is -2.16. The third-order valence-electron chi connectivity index (χ3n) is 3.38. The van der Waals surface area contributed by atoms with Gasteiger partial charge < -0.3 is 0 Å². The number of hydrogen-bond acceptors (Lipinski definition) is 6. The lowest BCUT2D eigenvalue weighted by Crippen LogP contribution is -2.21. The molecule has 0 aliphatic carbocycles. The number of nitro benzene ring substituents is 1. The zero-order valence-electron chi connectivity index (χ0n) is 12.5. The van der Waals surface area contributed by atoms with Crippen LogP contribution in [0.2, 0.25) is 0 Å². The lowest BCUT2D eigenvalue weighted by Gasteiger charge is -2.12. The van der Waals surface area contributed by atoms with Crippen molar-refractivity contribution in [3.05, 3.63) is 69.8 Å². The Morgan fingerprint density at radius 2 is 1.96 bits per heavy atom. The molecule has 2 aromatic rings. The van der Waals surface area contributed by atoms with Gasteiger partial charge in [0.1, 0.15) is 4.90 Å². The molecule has 0 atom stereocenters. The van der Waals surface area contributed by atoms with E-state index in [1.165, 1.54) is 29.4 Å². The van der Waals surface area contributed by atoms with Gasteiger partial charge in [-0.1, -0.05) is 24.3 Å². The summed E-state index contributed by atoms with van der Waals surface area (Å²) in [5, 5.41) is 16.2. The second-order valence-electron chi connectivity index (χ2n) is 5.01. The molecule has 3 rings (SSSR count). The first-order valence-electron chi connectivity index (χ1n) is 6.85. The van der Waals surface area contributed by atoms with E-state index in [4.69, 9.17) is 0 Å². The normalized spacial score (nSPS) is 15.1. The van der Waals surface area contributed by atoms with Gasteiger partial charge in [-0.2, -0.15) is 13.5 Å². The molecule has 0 amide bonds. The number of nitrogens with zero attached hydrogens (tertiary/aromatic N) is 4. The predicted octanol–water partition coefficient (Wildman–Crippen LogP) is 2.01. The molecular weight excluding hydrogens is 332 g/mol. The minimum Gasteiger partial charge on any atom is -0.258 e. The van der Waals surface area contributed by atoms with Gasteiger partial charge in [0, 0.05) is 30.3 Å². The molecule has 2 aromatic carbocycles. The molecule has 8 nitrogen and oxygen atoms in total. The van der Waals surface area contributed by atoms with E-state index in [0.29, 0.717) is 11.1 Å². The van der Waals surface area contributed by atoms with Crippen molar-refractivity contribution in [1.82, 2.24) is 5.01 Å². The molecule has 0 unspecified atom stereocenters. The van der Waals surface area contributed by atoms with Crippen molar-refractivity contribution in [2.45, 2.75) is 4.90 Å². The number of rotatable bonds is 3. The van der Waals surface area contributed by atoms with Gasteiger partial charge >= 0.3 is 0 Å². The number of non-ortho nitro benzene ring substituents is 1. The molecule has 0 N–H and O–H groups in total. The molecule has 1 aliphatic heterocycles. The Bertz CT molecular complexity index is 982. The zero-order valence-corrected chi connectivity index (χ0v) is 13.3. The molecule has 0 fully saturated rings. The van der Waals surface area contributed by atoms with Crippen LogP contribution in [0.1, 0.15) is 11.1 Å². The van der Waals surface area contributed by atoms with Crippen LogP contribution in [0.15, 0.2) is 62.9 Å². The highest BCUT2D eigenvalue weighted by atomic mass is 32.2. The van der Waals surface area contributed by atoms with Crippen LogP contribution in [0.25, 0.3) is 0 Å². The van der Waals surface area contributed by atoms with Gasteiger partial charge in [0.05, 0.1) is 11.1 Å². The summed E-state index contributed by atoms with van der Waals surface area (Å²) in [4.78, 5) is 10.4. The van der Waals surface area contributed by atoms with E-state index in [-0.39, 0.29) is 16.4 Å². The number of hydrogen-bond donors (Lipinski definition) is 0. The molecule has 0 saturated carbocycles. The number of sulfonamides is 1. The maximum atomic E-state index is 12.0. The highest BCUT2D eigenvalue weighted by Gasteiger charge is 2.30.